The van der Waals surface area contributed by atoms with Crippen molar-refractivity contribution < 1.29 is 9.59 Å². The quantitative estimate of drug-likeness (QED) is 0.686. The first-order valence-electron chi connectivity index (χ1n) is 13.1. The van der Waals surface area contributed by atoms with E-state index in [0.717, 1.165) is 56.0 Å². The second-order valence-corrected chi connectivity index (χ2v) is 11.0. The summed E-state index contributed by atoms with van der Waals surface area (Å²) in [5.74, 6) is 1.44. The molecule has 6 nitrogen and oxygen atoms in total. The third kappa shape index (κ3) is 5.37. The number of hydrogen-bond donors (Lipinski definition) is 1. The van der Waals surface area contributed by atoms with Gasteiger partial charge < -0.3 is 20.0 Å². The fourth-order valence-electron chi connectivity index (χ4n) is 5.78. The molecule has 5 rings (SSSR count). The minimum absolute atomic E-state index is 0.0174. The zero-order chi connectivity index (χ0) is 24.5. The van der Waals surface area contributed by atoms with E-state index in [0.29, 0.717) is 18.4 Å². The summed E-state index contributed by atoms with van der Waals surface area (Å²) in [4.78, 5) is 33.3. The van der Waals surface area contributed by atoms with Crippen LogP contribution in [0.5, 0.6) is 0 Å². The number of piperidine rings is 1. The molecular weight excluding hydrogens is 436 g/mol. The second-order valence-electron chi connectivity index (χ2n) is 11.0. The number of likely N-dealkylation sites (N-methyl/N-ethyl adjacent to an activating group) is 1. The third-order valence-electron chi connectivity index (χ3n) is 7.68. The second kappa shape index (κ2) is 10.0. The van der Waals surface area contributed by atoms with Gasteiger partial charge in [0.05, 0.1) is 17.3 Å². The van der Waals surface area contributed by atoms with Crippen molar-refractivity contribution in [2.24, 2.45) is 17.8 Å². The highest BCUT2D eigenvalue weighted by Crippen LogP contribution is 2.35. The van der Waals surface area contributed by atoms with Crippen LogP contribution in [0.15, 0.2) is 48.5 Å². The van der Waals surface area contributed by atoms with Crippen LogP contribution >= 0.6 is 0 Å². The predicted octanol–water partition coefficient (Wildman–Crippen LogP) is 4.65. The van der Waals surface area contributed by atoms with Crippen LogP contribution in [0, 0.1) is 17.8 Å². The van der Waals surface area contributed by atoms with Gasteiger partial charge in [-0.05, 0) is 61.9 Å². The molecule has 0 aromatic heterocycles. The number of benzene rings is 2. The maximum absolute atomic E-state index is 14.2. The van der Waals surface area contributed by atoms with Crippen molar-refractivity contribution in [2.45, 2.75) is 39.2 Å². The van der Waals surface area contributed by atoms with Gasteiger partial charge in [-0.15, -0.1) is 0 Å². The zero-order valence-electron chi connectivity index (χ0n) is 21.2. The van der Waals surface area contributed by atoms with Crippen LogP contribution in [0.4, 0.5) is 11.4 Å². The molecule has 2 aromatic rings. The molecule has 2 aromatic carbocycles. The highest BCUT2D eigenvalue weighted by Gasteiger charge is 2.34. The molecular formula is C29H38N4O2. The molecule has 2 heterocycles. The minimum atomic E-state index is 0.0174. The van der Waals surface area contributed by atoms with Gasteiger partial charge in [0.1, 0.15) is 0 Å². The fourth-order valence-corrected chi connectivity index (χ4v) is 5.78. The Bertz CT molecular complexity index is 1060. The normalized spacial score (nSPS) is 25.4. The Morgan fingerprint density at radius 1 is 0.914 bits per heavy atom. The summed E-state index contributed by atoms with van der Waals surface area (Å²) in [5.41, 5.74) is 3.65. The van der Waals surface area contributed by atoms with Crippen LogP contribution in [0.25, 0.3) is 0 Å². The van der Waals surface area contributed by atoms with Gasteiger partial charge in [-0.2, -0.15) is 0 Å². The van der Waals surface area contributed by atoms with Crippen molar-refractivity contribution in [1.82, 2.24) is 9.80 Å². The molecule has 0 unspecified atom stereocenters. The standard InChI is InChI=1S/C29H38N4O2/c1-20-15-21(2)18-32(17-20)26-16-24(30-28(34)23-9-10-23)11-12-25(26)29(35)33-14-13-31(3)19-27(33)22-7-5-4-6-8-22/h4-8,11-12,16,20-21,23,27H,9-10,13-15,17-19H2,1-3H3,(H,30,34)/t20-,21-,27+/m0/s1. The largest absolute Gasteiger partial charge is 0.370 e. The first kappa shape index (κ1) is 23.9. The Labute approximate surface area is 209 Å². The topological polar surface area (TPSA) is 55.9 Å². The summed E-state index contributed by atoms with van der Waals surface area (Å²) in [6, 6.07) is 16.2. The maximum atomic E-state index is 14.2. The van der Waals surface area contributed by atoms with Crippen LogP contribution in [-0.4, -0.2) is 61.4 Å². The number of piperazine rings is 1. The average Bonchev–Trinajstić information content (AvgIpc) is 3.69. The molecule has 1 saturated carbocycles. The van der Waals surface area contributed by atoms with Gasteiger partial charge in [0.25, 0.3) is 5.91 Å². The fraction of sp³-hybridized carbons (Fsp3) is 0.517. The van der Waals surface area contributed by atoms with Crippen molar-refractivity contribution in [3.63, 3.8) is 0 Å². The summed E-state index contributed by atoms with van der Waals surface area (Å²) in [6.45, 7) is 8.80. The van der Waals surface area contributed by atoms with Crippen molar-refractivity contribution in [3.05, 3.63) is 59.7 Å². The van der Waals surface area contributed by atoms with Crippen molar-refractivity contribution in [2.75, 3.05) is 50.0 Å². The van der Waals surface area contributed by atoms with Gasteiger partial charge in [0.15, 0.2) is 0 Å². The Kier molecular flexibility index (Phi) is 6.83. The summed E-state index contributed by atoms with van der Waals surface area (Å²) in [6.07, 6.45) is 3.15. The van der Waals surface area contributed by atoms with E-state index < -0.39 is 0 Å². The van der Waals surface area contributed by atoms with Gasteiger partial charge in [0.2, 0.25) is 5.91 Å². The average molecular weight is 475 g/mol. The highest BCUT2D eigenvalue weighted by atomic mass is 16.2. The number of anilines is 2. The summed E-state index contributed by atoms with van der Waals surface area (Å²) >= 11 is 0. The van der Waals surface area contributed by atoms with Crippen molar-refractivity contribution >= 4 is 23.2 Å². The third-order valence-corrected chi connectivity index (χ3v) is 7.68. The molecule has 0 spiro atoms. The molecule has 1 aliphatic carbocycles. The van der Waals surface area contributed by atoms with E-state index in [9.17, 15) is 9.59 Å². The number of hydrogen-bond acceptors (Lipinski definition) is 4. The molecule has 6 heteroatoms. The smallest absolute Gasteiger partial charge is 0.256 e. The van der Waals surface area contributed by atoms with Gasteiger partial charge in [0, 0.05) is 44.3 Å². The van der Waals surface area contributed by atoms with E-state index in [-0.39, 0.29) is 23.8 Å². The van der Waals surface area contributed by atoms with E-state index >= 15 is 0 Å². The van der Waals surface area contributed by atoms with Gasteiger partial charge in [-0.1, -0.05) is 44.2 Å². The Balaban J connectivity index is 1.49. The Morgan fingerprint density at radius 2 is 1.63 bits per heavy atom. The maximum Gasteiger partial charge on any atom is 0.256 e. The number of nitrogens with zero attached hydrogens (tertiary/aromatic N) is 3. The van der Waals surface area contributed by atoms with Gasteiger partial charge >= 0.3 is 0 Å². The predicted molar refractivity (Wildman–Crippen MR) is 141 cm³/mol. The lowest BCUT2D eigenvalue weighted by atomic mass is 9.91. The molecule has 0 radical (unpaired) electrons. The summed E-state index contributed by atoms with van der Waals surface area (Å²) < 4.78 is 0. The molecule has 3 atom stereocenters. The summed E-state index contributed by atoms with van der Waals surface area (Å²) in [7, 11) is 2.12. The molecule has 1 N–H and O–H groups in total. The van der Waals surface area contributed by atoms with E-state index in [1.807, 2.05) is 41.3 Å². The van der Waals surface area contributed by atoms with Crippen LogP contribution in [0.2, 0.25) is 0 Å². The SMILES string of the molecule is C[C@H]1C[C@H](C)CN(c2cc(NC(=O)C3CC3)ccc2C(=O)N2CCN(C)C[C@@H]2c2ccccc2)C1. The molecule has 35 heavy (non-hydrogen) atoms. The van der Waals surface area contributed by atoms with E-state index in [1.165, 1.54) is 12.0 Å². The Morgan fingerprint density at radius 3 is 2.31 bits per heavy atom. The number of rotatable bonds is 5. The van der Waals surface area contributed by atoms with Gasteiger partial charge in [-0.25, -0.2) is 0 Å². The lowest BCUT2D eigenvalue weighted by molar-refractivity contribution is -0.117. The van der Waals surface area contributed by atoms with Crippen LogP contribution < -0.4 is 10.2 Å². The molecule has 2 aliphatic heterocycles. The molecule has 0 bridgehead atoms. The number of nitrogens with one attached hydrogen (secondary N) is 1. The number of carbonyl (C=O) groups is 2. The lowest BCUT2D eigenvalue weighted by Crippen LogP contribution is -2.49. The highest BCUT2D eigenvalue weighted by molar-refractivity contribution is 6.02. The van der Waals surface area contributed by atoms with Crippen LogP contribution in [0.3, 0.4) is 0 Å². The minimum Gasteiger partial charge on any atom is -0.370 e. The molecule has 2 saturated heterocycles. The first-order chi connectivity index (χ1) is 16.9. The van der Waals surface area contributed by atoms with E-state index in [2.05, 4.69) is 48.1 Å². The van der Waals surface area contributed by atoms with Gasteiger partial charge in [-0.3, -0.25) is 9.59 Å². The van der Waals surface area contributed by atoms with Crippen LogP contribution in [0.1, 0.15) is 55.1 Å². The van der Waals surface area contributed by atoms with E-state index in [1.54, 1.807) is 0 Å². The van der Waals surface area contributed by atoms with Crippen molar-refractivity contribution in [3.8, 4) is 0 Å². The lowest BCUT2D eigenvalue weighted by Gasteiger charge is -2.42. The van der Waals surface area contributed by atoms with Crippen molar-refractivity contribution in [1.29, 1.82) is 0 Å². The molecule has 3 fully saturated rings. The van der Waals surface area contributed by atoms with Crippen LogP contribution in [-0.2, 0) is 4.79 Å². The molecule has 186 valence electrons. The zero-order valence-corrected chi connectivity index (χ0v) is 21.2. The van der Waals surface area contributed by atoms with E-state index in [4.69, 9.17) is 0 Å². The molecule has 3 aliphatic rings. The number of carbonyl (C=O) groups excluding carboxylic acids is 2. The monoisotopic (exact) mass is 474 g/mol. The summed E-state index contributed by atoms with van der Waals surface area (Å²) in [5, 5.41) is 3.09. The molecule has 2 amide bonds. The number of amides is 2. The first-order valence-corrected chi connectivity index (χ1v) is 13.1. The Hall–Kier alpha value is -2.86.